The van der Waals surface area contributed by atoms with Gasteiger partial charge in [0.1, 0.15) is 0 Å². The Morgan fingerprint density at radius 3 is 2.71 bits per heavy atom. The molecule has 2 rings (SSSR count). The van der Waals surface area contributed by atoms with Gasteiger partial charge in [0.15, 0.2) is 0 Å². The number of aliphatic hydroxyl groups excluding tert-OH is 1. The zero-order chi connectivity index (χ0) is 11.9. The van der Waals surface area contributed by atoms with Crippen molar-refractivity contribution in [3.05, 3.63) is 65.7 Å². The molecule has 2 N–H and O–H groups in total. The van der Waals surface area contributed by atoms with Crippen LogP contribution in [0.5, 0.6) is 0 Å². The Labute approximate surface area is 102 Å². The van der Waals surface area contributed by atoms with Crippen LogP contribution in [0, 0.1) is 6.07 Å². The van der Waals surface area contributed by atoms with Gasteiger partial charge in [0.25, 0.3) is 0 Å². The molecule has 87 valence electrons. The van der Waals surface area contributed by atoms with Gasteiger partial charge in [0.05, 0.1) is 6.61 Å². The second-order valence-corrected chi connectivity index (χ2v) is 3.92. The molecule has 0 saturated heterocycles. The fourth-order valence-electron chi connectivity index (χ4n) is 1.74. The molecule has 2 aromatic rings. The van der Waals surface area contributed by atoms with Gasteiger partial charge in [-0.2, -0.15) is 0 Å². The molecule has 0 spiro atoms. The van der Waals surface area contributed by atoms with Gasteiger partial charge in [-0.25, -0.2) is 0 Å². The highest BCUT2D eigenvalue weighted by Gasteiger charge is 1.97. The lowest BCUT2D eigenvalue weighted by molar-refractivity contribution is 0.311. The first-order chi connectivity index (χ1) is 8.38. The summed E-state index contributed by atoms with van der Waals surface area (Å²) in [6.07, 6.45) is 0.884. The summed E-state index contributed by atoms with van der Waals surface area (Å²) >= 11 is 0. The Morgan fingerprint density at radius 2 is 1.94 bits per heavy atom. The predicted molar refractivity (Wildman–Crippen MR) is 70.1 cm³/mol. The van der Waals surface area contributed by atoms with Crippen LogP contribution in [0.25, 0.3) is 0 Å². The molecule has 2 aromatic carbocycles. The lowest BCUT2D eigenvalue weighted by Gasteiger charge is -2.07. The van der Waals surface area contributed by atoms with E-state index < -0.39 is 0 Å². The Kier molecular flexibility index (Phi) is 4.17. The molecule has 0 aliphatic heterocycles. The van der Waals surface area contributed by atoms with E-state index in [1.54, 1.807) is 0 Å². The Bertz CT molecular complexity index is 453. The van der Waals surface area contributed by atoms with Crippen molar-refractivity contribution >= 4 is 5.69 Å². The third kappa shape index (κ3) is 3.61. The predicted octanol–water partition coefficient (Wildman–Crippen LogP) is 2.48. The van der Waals surface area contributed by atoms with Crippen LogP contribution < -0.4 is 5.32 Å². The van der Waals surface area contributed by atoms with Crippen LogP contribution in [0.1, 0.15) is 11.1 Å². The second-order valence-electron chi connectivity index (χ2n) is 3.92. The van der Waals surface area contributed by atoms with Gasteiger partial charge in [-0.1, -0.05) is 36.4 Å². The molecule has 0 aliphatic carbocycles. The third-order valence-electron chi connectivity index (χ3n) is 2.54. The highest BCUT2D eigenvalue weighted by atomic mass is 16.3. The van der Waals surface area contributed by atoms with Crippen molar-refractivity contribution in [1.82, 2.24) is 0 Å². The average Bonchev–Trinajstić information content (AvgIpc) is 2.38. The molecule has 0 heterocycles. The molecule has 0 unspecified atom stereocenters. The maximum atomic E-state index is 8.76. The number of nitrogens with one attached hydrogen (secondary N) is 1. The number of hydrogen-bond donors (Lipinski definition) is 2. The normalized spacial score (nSPS) is 10.2. The molecule has 17 heavy (non-hydrogen) atoms. The number of benzene rings is 2. The SMILES string of the molecule is OCCNc1cc[c]c(Cc2ccccc2)c1. The van der Waals surface area contributed by atoms with E-state index in [1.165, 1.54) is 5.56 Å². The van der Waals surface area contributed by atoms with Gasteiger partial charge in [-0.15, -0.1) is 0 Å². The molecular formula is C15H16NO. The molecule has 0 bridgehead atoms. The van der Waals surface area contributed by atoms with E-state index in [9.17, 15) is 0 Å². The van der Waals surface area contributed by atoms with Crippen LogP contribution in [0.15, 0.2) is 48.5 Å². The first-order valence-electron chi connectivity index (χ1n) is 5.78. The Balaban J connectivity index is 2.06. The number of rotatable bonds is 5. The van der Waals surface area contributed by atoms with Gasteiger partial charge in [-0.3, -0.25) is 0 Å². The summed E-state index contributed by atoms with van der Waals surface area (Å²) in [6.45, 7) is 0.724. The van der Waals surface area contributed by atoms with Crippen LogP contribution >= 0.6 is 0 Å². The Morgan fingerprint density at radius 1 is 1.12 bits per heavy atom. The van der Waals surface area contributed by atoms with E-state index >= 15 is 0 Å². The van der Waals surface area contributed by atoms with Gasteiger partial charge in [0.2, 0.25) is 0 Å². The number of hydrogen-bond acceptors (Lipinski definition) is 2. The van der Waals surface area contributed by atoms with Crippen molar-refractivity contribution in [2.45, 2.75) is 6.42 Å². The van der Waals surface area contributed by atoms with Crippen LogP contribution in [0.4, 0.5) is 5.69 Å². The molecule has 0 atom stereocenters. The Hall–Kier alpha value is -1.80. The lowest BCUT2D eigenvalue weighted by atomic mass is 10.0. The van der Waals surface area contributed by atoms with E-state index in [1.807, 2.05) is 30.3 Å². The summed E-state index contributed by atoms with van der Waals surface area (Å²) in [5, 5.41) is 11.9. The standard InChI is InChI=1S/C15H16NO/c17-10-9-16-15-8-4-7-14(12-15)11-13-5-2-1-3-6-13/h1-6,8,12,16-17H,9-11H2. The average molecular weight is 226 g/mol. The molecule has 1 radical (unpaired) electrons. The fraction of sp³-hybridized carbons (Fsp3) is 0.200. The van der Waals surface area contributed by atoms with Crippen molar-refractivity contribution in [3.63, 3.8) is 0 Å². The second kappa shape index (κ2) is 6.06. The van der Waals surface area contributed by atoms with Crippen LogP contribution in [0.2, 0.25) is 0 Å². The third-order valence-corrected chi connectivity index (χ3v) is 2.54. The maximum absolute atomic E-state index is 8.76. The molecule has 0 aliphatic rings. The monoisotopic (exact) mass is 226 g/mol. The van der Waals surface area contributed by atoms with Crippen molar-refractivity contribution in [2.75, 3.05) is 18.5 Å². The first-order valence-corrected chi connectivity index (χ1v) is 5.78. The van der Waals surface area contributed by atoms with E-state index in [2.05, 4.69) is 29.6 Å². The van der Waals surface area contributed by atoms with Crippen LogP contribution in [-0.4, -0.2) is 18.3 Å². The van der Waals surface area contributed by atoms with E-state index in [4.69, 9.17) is 5.11 Å². The minimum absolute atomic E-state index is 0.145. The zero-order valence-corrected chi connectivity index (χ0v) is 9.69. The highest BCUT2D eigenvalue weighted by molar-refractivity contribution is 5.46. The minimum atomic E-state index is 0.145. The summed E-state index contributed by atoms with van der Waals surface area (Å²) in [4.78, 5) is 0. The van der Waals surface area contributed by atoms with Crippen molar-refractivity contribution in [1.29, 1.82) is 0 Å². The van der Waals surface area contributed by atoms with Gasteiger partial charge < -0.3 is 10.4 Å². The van der Waals surface area contributed by atoms with Crippen molar-refractivity contribution in [3.8, 4) is 0 Å². The first kappa shape index (κ1) is 11.7. The molecule has 2 heteroatoms. The fourth-order valence-corrected chi connectivity index (χ4v) is 1.74. The van der Waals surface area contributed by atoms with Gasteiger partial charge in [0, 0.05) is 12.2 Å². The van der Waals surface area contributed by atoms with E-state index in [0.717, 1.165) is 17.7 Å². The summed E-state index contributed by atoms with van der Waals surface area (Å²) < 4.78 is 0. The number of aliphatic hydroxyl groups is 1. The van der Waals surface area contributed by atoms with Crippen LogP contribution in [-0.2, 0) is 6.42 Å². The minimum Gasteiger partial charge on any atom is -0.395 e. The molecule has 0 fully saturated rings. The number of anilines is 1. The van der Waals surface area contributed by atoms with Gasteiger partial charge in [-0.05, 0) is 35.7 Å². The van der Waals surface area contributed by atoms with Gasteiger partial charge >= 0.3 is 0 Å². The summed E-state index contributed by atoms with van der Waals surface area (Å²) in [5.41, 5.74) is 3.46. The van der Waals surface area contributed by atoms with E-state index in [-0.39, 0.29) is 6.61 Å². The van der Waals surface area contributed by atoms with Crippen molar-refractivity contribution in [2.24, 2.45) is 0 Å². The maximum Gasteiger partial charge on any atom is 0.0604 e. The highest BCUT2D eigenvalue weighted by Crippen LogP contribution is 2.13. The van der Waals surface area contributed by atoms with Crippen molar-refractivity contribution < 1.29 is 5.11 Å². The summed E-state index contributed by atoms with van der Waals surface area (Å²) in [7, 11) is 0. The smallest absolute Gasteiger partial charge is 0.0604 e. The van der Waals surface area contributed by atoms with Crippen LogP contribution in [0.3, 0.4) is 0 Å². The topological polar surface area (TPSA) is 32.3 Å². The molecule has 0 saturated carbocycles. The molecule has 0 aromatic heterocycles. The lowest BCUT2D eigenvalue weighted by Crippen LogP contribution is -2.05. The summed E-state index contributed by atoms with van der Waals surface area (Å²) in [5.74, 6) is 0. The molecular weight excluding hydrogens is 210 g/mol. The summed E-state index contributed by atoms with van der Waals surface area (Å²) in [6, 6.07) is 19.5. The largest absolute Gasteiger partial charge is 0.395 e. The quantitative estimate of drug-likeness (QED) is 0.821. The van der Waals surface area contributed by atoms with E-state index in [0.29, 0.717) is 6.54 Å². The molecule has 2 nitrogen and oxygen atoms in total. The zero-order valence-electron chi connectivity index (χ0n) is 9.69. The molecule has 0 amide bonds.